The molecule has 0 amide bonds. The average molecular weight is 382 g/mol. The van der Waals surface area contributed by atoms with E-state index in [0.717, 1.165) is 43.0 Å². The van der Waals surface area contributed by atoms with Gasteiger partial charge in [0.15, 0.2) is 18.0 Å². The first kappa shape index (κ1) is 18.4. The third kappa shape index (κ3) is 3.01. The van der Waals surface area contributed by atoms with Gasteiger partial charge in [-0.05, 0) is 31.4 Å². The number of nitro groups is 1. The van der Waals surface area contributed by atoms with E-state index >= 15 is 0 Å². The molecular formula is C21H24N3O4+. The van der Waals surface area contributed by atoms with Gasteiger partial charge in [-0.3, -0.25) is 10.1 Å². The standard InChI is InChI=1S/C21H24N3O4/c1-28-19-11-5-4-10-18(19)22-15-21(25,23-13-6-2-3-12-20(22)23)16-8-7-9-17(14-16)24(26)27/h4-5,7-11,14,25H,2-3,6,12-13,15H2,1H3/q+1/t21-/m1/s1. The quantitative estimate of drug-likeness (QED) is 0.499. The summed E-state index contributed by atoms with van der Waals surface area (Å²) >= 11 is 0. The Morgan fingerprint density at radius 1 is 1.18 bits per heavy atom. The van der Waals surface area contributed by atoms with Gasteiger partial charge in [0.25, 0.3) is 17.2 Å². The van der Waals surface area contributed by atoms with Crippen molar-refractivity contribution in [2.45, 2.75) is 31.4 Å². The minimum atomic E-state index is -1.33. The highest BCUT2D eigenvalue weighted by Gasteiger charge is 2.52. The van der Waals surface area contributed by atoms with Crippen LogP contribution in [0.15, 0.2) is 48.5 Å². The molecule has 0 unspecified atom stereocenters. The Bertz CT molecular complexity index is 943. The van der Waals surface area contributed by atoms with Crippen LogP contribution in [0.2, 0.25) is 0 Å². The molecule has 0 saturated carbocycles. The number of aliphatic hydroxyl groups is 1. The molecule has 146 valence electrons. The van der Waals surface area contributed by atoms with E-state index in [1.807, 2.05) is 28.8 Å². The van der Waals surface area contributed by atoms with Gasteiger partial charge >= 0.3 is 0 Å². The van der Waals surface area contributed by atoms with Crippen molar-refractivity contribution < 1.29 is 19.3 Å². The van der Waals surface area contributed by atoms with Crippen LogP contribution >= 0.6 is 0 Å². The van der Waals surface area contributed by atoms with Gasteiger partial charge in [0, 0.05) is 24.1 Å². The molecular weight excluding hydrogens is 358 g/mol. The van der Waals surface area contributed by atoms with E-state index in [-0.39, 0.29) is 5.69 Å². The molecule has 28 heavy (non-hydrogen) atoms. The number of benzene rings is 2. The second-order valence-corrected chi connectivity index (χ2v) is 7.26. The smallest absolute Gasteiger partial charge is 0.271 e. The summed E-state index contributed by atoms with van der Waals surface area (Å²) in [6, 6.07) is 14.1. The van der Waals surface area contributed by atoms with Crippen molar-refractivity contribution >= 4 is 17.2 Å². The average Bonchev–Trinajstić information content (AvgIpc) is 2.87. The lowest BCUT2D eigenvalue weighted by Crippen LogP contribution is -2.41. The van der Waals surface area contributed by atoms with Crippen LogP contribution in [0.3, 0.4) is 0 Å². The molecule has 0 bridgehead atoms. The summed E-state index contributed by atoms with van der Waals surface area (Å²) in [7, 11) is 1.64. The lowest BCUT2D eigenvalue weighted by Gasteiger charge is -2.23. The van der Waals surface area contributed by atoms with Crippen LogP contribution in [0.1, 0.15) is 31.2 Å². The molecule has 1 N–H and O–H groups in total. The number of methoxy groups -OCH3 is 1. The minimum absolute atomic E-state index is 0.0157. The van der Waals surface area contributed by atoms with Gasteiger partial charge in [-0.25, -0.2) is 9.48 Å². The Kier molecular flexibility index (Phi) is 4.77. The molecule has 0 aromatic heterocycles. The Morgan fingerprint density at radius 3 is 2.79 bits per heavy atom. The molecule has 0 radical (unpaired) electrons. The highest BCUT2D eigenvalue weighted by molar-refractivity contribution is 5.97. The van der Waals surface area contributed by atoms with Crippen LogP contribution in [0.4, 0.5) is 11.4 Å². The van der Waals surface area contributed by atoms with Crippen LogP contribution in [-0.4, -0.2) is 40.6 Å². The Balaban J connectivity index is 1.84. The van der Waals surface area contributed by atoms with Crippen molar-refractivity contribution in [2.75, 3.05) is 25.1 Å². The summed E-state index contributed by atoms with van der Waals surface area (Å²) in [6.45, 7) is 1.00. The van der Waals surface area contributed by atoms with Crippen LogP contribution in [0, 0.1) is 10.1 Å². The fourth-order valence-corrected chi connectivity index (χ4v) is 4.26. The molecule has 0 spiro atoms. The van der Waals surface area contributed by atoms with Gasteiger partial charge in [0.05, 0.1) is 18.6 Å². The van der Waals surface area contributed by atoms with E-state index in [2.05, 4.69) is 4.90 Å². The zero-order valence-electron chi connectivity index (χ0n) is 15.9. The summed E-state index contributed by atoms with van der Waals surface area (Å²) in [5, 5.41) is 23.0. The first-order valence-electron chi connectivity index (χ1n) is 9.56. The fourth-order valence-electron chi connectivity index (χ4n) is 4.26. The molecule has 2 heterocycles. The molecule has 0 aliphatic carbocycles. The number of anilines is 1. The van der Waals surface area contributed by atoms with E-state index in [1.54, 1.807) is 19.2 Å². The molecule has 4 rings (SSSR count). The zero-order valence-corrected chi connectivity index (χ0v) is 15.9. The zero-order chi connectivity index (χ0) is 19.7. The lowest BCUT2D eigenvalue weighted by molar-refractivity contribution is -0.658. The minimum Gasteiger partial charge on any atom is -0.492 e. The molecule has 0 fully saturated rings. The summed E-state index contributed by atoms with van der Waals surface area (Å²) in [5.41, 5.74) is 0.0943. The summed E-state index contributed by atoms with van der Waals surface area (Å²) in [4.78, 5) is 12.9. The number of hydrogen-bond acceptors (Lipinski definition) is 5. The first-order valence-corrected chi connectivity index (χ1v) is 9.56. The van der Waals surface area contributed by atoms with Gasteiger partial charge in [0.2, 0.25) is 0 Å². The monoisotopic (exact) mass is 382 g/mol. The molecule has 2 aliphatic heterocycles. The van der Waals surface area contributed by atoms with E-state index in [0.29, 0.717) is 18.7 Å². The summed E-state index contributed by atoms with van der Waals surface area (Å²) in [5.74, 6) is 1.78. The van der Waals surface area contributed by atoms with Gasteiger partial charge in [-0.2, -0.15) is 0 Å². The van der Waals surface area contributed by atoms with Crippen molar-refractivity contribution in [2.24, 2.45) is 0 Å². The van der Waals surface area contributed by atoms with Crippen LogP contribution < -0.4 is 9.64 Å². The lowest BCUT2D eigenvalue weighted by atomic mass is 10.0. The number of amidine groups is 1. The summed E-state index contributed by atoms with van der Waals surface area (Å²) in [6.07, 6.45) is 3.95. The summed E-state index contributed by atoms with van der Waals surface area (Å²) < 4.78 is 7.57. The molecule has 1 atom stereocenters. The van der Waals surface area contributed by atoms with E-state index in [1.165, 1.54) is 12.1 Å². The Hall–Kier alpha value is -2.93. The third-order valence-electron chi connectivity index (χ3n) is 5.63. The van der Waals surface area contributed by atoms with Crippen molar-refractivity contribution in [1.82, 2.24) is 0 Å². The normalized spacial score (nSPS) is 22.0. The van der Waals surface area contributed by atoms with Gasteiger partial charge < -0.3 is 9.84 Å². The van der Waals surface area contributed by atoms with Crippen molar-refractivity contribution in [3.63, 3.8) is 0 Å². The number of non-ortho nitro benzene ring substituents is 1. The maximum atomic E-state index is 11.8. The Labute approximate surface area is 163 Å². The highest BCUT2D eigenvalue weighted by Crippen LogP contribution is 2.39. The molecule has 7 nitrogen and oxygen atoms in total. The first-order chi connectivity index (χ1) is 13.5. The molecule has 7 heteroatoms. The van der Waals surface area contributed by atoms with E-state index in [9.17, 15) is 15.2 Å². The molecule has 0 saturated heterocycles. The second-order valence-electron chi connectivity index (χ2n) is 7.26. The van der Waals surface area contributed by atoms with Crippen LogP contribution in [-0.2, 0) is 5.72 Å². The SMILES string of the molecule is COc1ccccc1N1C[C@@](O)(c2cccc([N+](=O)[O-])c2)[N+]2=C1CCCCC2. The van der Waals surface area contributed by atoms with Gasteiger partial charge in [-0.15, -0.1) is 0 Å². The van der Waals surface area contributed by atoms with Gasteiger partial charge in [0.1, 0.15) is 0 Å². The topological polar surface area (TPSA) is 78.9 Å². The van der Waals surface area contributed by atoms with Crippen molar-refractivity contribution in [1.29, 1.82) is 0 Å². The molecule has 2 aromatic carbocycles. The largest absolute Gasteiger partial charge is 0.492 e. The number of β-amino-alcohol motifs (C(OH)–C–C–N with tert-alkyl or cyclic N) is 1. The maximum Gasteiger partial charge on any atom is 0.271 e. The van der Waals surface area contributed by atoms with Crippen LogP contribution in [0.5, 0.6) is 5.75 Å². The third-order valence-corrected chi connectivity index (χ3v) is 5.63. The molecule has 2 aliphatic rings. The van der Waals surface area contributed by atoms with Crippen LogP contribution in [0.25, 0.3) is 0 Å². The fraction of sp³-hybridized carbons (Fsp3) is 0.381. The predicted octanol–water partition coefficient (Wildman–Crippen LogP) is 3.25. The number of nitro benzene ring substituents is 1. The second kappa shape index (κ2) is 7.24. The maximum absolute atomic E-state index is 11.8. The number of nitrogens with zero attached hydrogens (tertiary/aromatic N) is 3. The highest BCUT2D eigenvalue weighted by atomic mass is 16.6. The van der Waals surface area contributed by atoms with E-state index in [4.69, 9.17) is 4.74 Å². The number of hydrogen-bond donors (Lipinski definition) is 1. The molecule has 2 aromatic rings. The van der Waals surface area contributed by atoms with Crippen molar-refractivity contribution in [3.05, 3.63) is 64.2 Å². The number of ether oxygens (including phenoxy) is 1. The Morgan fingerprint density at radius 2 is 2.00 bits per heavy atom. The van der Waals surface area contributed by atoms with Crippen molar-refractivity contribution in [3.8, 4) is 5.75 Å². The van der Waals surface area contributed by atoms with Gasteiger partial charge in [-0.1, -0.05) is 24.3 Å². The predicted molar refractivity (Wildman–Crippen MR) is 106 cm³/mol. The number of rotatable bonds is 4. The number of para-hydroxylation sites is 2. The van der Waals surface area contributed by atoms with E-state index < -0.39 is 10.6 Å².